The predicted octanol–water partition coefficient (Wildman–Crippen LogP) is 3.40. The lowest BCUT2D eigenvalue weighted by atomic mass is 10.1. The van der Waals surface area contributed by atoms with Crippen LogP contribution in [0.15, 0.2) is 64.3 Å². The third kappa shape index (κ3) is 3.80. The van der Waals surface area contributed by atoms with Crippen molar-refractivity contribution < 1.29 is 23.7 Å². The van der Waals surface area contributed by atoms with Crippen molar-refractivity contribution in [1.82, 2.24) is 0 Å². The zero-order valence-corrected chi connectivity index (χ0v) is 14.9. The number of methoxy groups -OCH3 is 1. The summed E-state index contributed by atoms with van der Waals surface area (Å²) in [4.78, 5) is 12.8. The molecule has 1 heterocycles. The van der Waals surface area contributed by atoms with E-state index in [1.807, 2.05) is 30.3 Å². The van der Waals surface area contributed by atoms with Gasteiger partial charge in [0.05, 0.1) is 13.7 Å². The number of benzene rings is 2. The van der Waals surface area contributed by atoms with Gasteiger partial charge in [-0.3, -0.25) is 4.79 Å². The molecule has 0 aliphatic rings. The smallest absolute Gasteiger partial charge is 0.204 e. The SMILES string of the molecule is C=CCOc1cc2oc(-c3ccccc3)cc(=O)c2c(OC)c1OCCO. The van der Waals surface area contributed by atoms with Gasteiger partial charge in [0.1, 0.15) is 29.9 Å². The number of ether oxygens (including phenoxy) is 3. The van der Waals surface area contributed by atoms with E-state index in [-0.39, 0.29) is 42.1 Å². The van der Waals surface area contributed by atoms with Gasteiger partial charge in [0.25, 0.3) is 0 Å². The lowest BCUT2D eigenvalue weighted by Crippen LogP contribution is -2.09. The Balaban J connectivity index is 2.25. The van der Waals surface area contributed by atoms with Crippen LogP contribution in [0.1, 0.15) is 0 Å². The zero-order valence-electron chi connectivity index (χ0n) is 14.9. The molecule has 0 saturated carbocycles. The molecule has 1 aromatic heterocycles. The van der Waals surface area contributed by atoms with E-state index in [9.17, 15) is 4.79 Å². The number of aliphatic hydroxyl groups is 1. The summed E-state index contributed by atoms with van der Waals surface area (Å²) in [5.74, 6) is 1.21. The van der Waals surface area contributed by atoms with Gasteiger partial charge in [-0.2, -0.15) is 0 Å². The number of rotatable bonds is 8. The Kier molecular flexibility index (Phi) is 5.78. The lowest BCUT2D eigenvalue weighted by molar-refractivity contribution is 0.190. The quantitative estimate of drug-likeness (QED) is 0.614. The van der Waals surface area contributed by atoms with Crippen molar-refractivity contribution in [1.29, 1.82) is 0 Å². The molecule has 140 valence electrons. The van der Waals surface area contributed by atoms with Crippen LogP contribution in [0, 0.1) is 0 Å². The molecule has 0 bridgehead atoms. The van der Waals surface area contributed by atoms with Gasteiger partial charge in [0.2, 0.25) is 5.75 Å². The standard InChI is InChI=1S/C21H20O6/c1-3-10-25-18-13-17-19(21(24-2)20(18)26-11-9-22)15(23)12-16(27-17)14-7-5-4-6-8-14/h3-8,12-13,22H,1,9-11H2,2H3. The Bertz CT molecular complexity index is 991. The highest BCUT2D eigenvalue weighted by Crippen LogP contribution is 2.43. The molecule has 2 aromatic carbocycles. The summed E-state index contributed by atoms with van der Waals surface area (Å²) < 4.78 is 22.6. The van der Waals surface area contributed by atoms with Crippen LogP contribution in [-0.4, -0.2) is 32.0 Å². The molecule has 0 aliphatic heterocycles. The minimum absolute atomic E-state index is 0.0275. The van der Waals surface area contributed by atoms with Crippen molar-refractivity contribution in [2.45, 2.75) is 0 Å². The summed E-state index contributed by atoms with van der Waals surface area (Å²) in [5, 5.41) is 9.33. The molecule has 0 atom stereocenters. The van der Waals surface area contributed by atoms with Crippen molar-refractivity contribution in [3.8, 4) is 28.6 Å². The maximum Gasteiger partial charge on any atom is 0.204 e. The van der Waals surface area contributed by atoms with Gasteiger partial charge in [-0.05, 0) is 0 Å². The zero-order chi connectivity index (χ0) is 19.2. The van der Waals surface area contributed by atoms with Crippen LogP contribution in [0.2, 0.25) is 0 Å². The van der Waals surface area contributed by atoms with Crippen molar-refractivity contribution in [2.24, 2.45) is 0 Å². The topological polar surface area (TPSA) is 78.1 Å². The van der Waals surface area contributed by atoms with Crippen molar-refractivity contribution in [3.05, 3.63) is 65.3 Å². The molecule has 0 amide bonds. The number of hydrogen-bond acceptors (Lipinski definition) is 6. The highest BCUT2D eigenvalue weighted by atomic mass is 16.5. The summed E-state index contributed by atoms with van der Waals surface area (Å²) in [6, 6.07) is 12.3. The lowest BCUT2D eigenvalue weighted by Gasteiger charge is -2.16. The summed E-state index contributed by atoms with van der Waals surface area (Å²) in [5.41, 5.74) is 0.828. The second-order valence-corrected chi connectivity index (χ2v) is 5.62. The van der Waals surface area contributed by atoms with Gasteiger partial charge in [-0.15, -0.1) is 0 Å². The van der Waals surface area contributed by atoms with Gasteiger partial charge in [0, 0.05) is 17.7 Å². The predicted molar refractivity (Wildman–Crippen MR) is 103 cm³/mol. The molecule has 6 heteroatoms. The highest BCUT2D eigenvalue weighted by molar-refractivity contribution is 5.90. The van der Waals surface area contributed by atoms with E-state index < -0.39 is 0 Å². The summed E-state index contributed by atoms with van der Waals surface area (Å²) >= 11 is 0. The van der Waals surface area contributed by atoms with Gasteiger partial charge in [-0.25, -0.2) is 0 Å². The van der Waals surface area contributed by atoms with E-state index in [4.69, 9.17) is 23.7 Å². The third-order valence-electron chi connectivity index (χ3n) is 3.85. The maximum absolute atomic E-state index is 12.8. The first-order valence-electron chi connectivity index (χ1n) is 8.41. The summed E-state index contributed by atoms with van der Waals surface area (Å²) in [7, 11) is 1.43. The molecule has 0 fully saturated rings. The van der Waals surface area contributed by atoms with Crippen LogP contribution in [0.4, 0.5) is 0 Å². The minimum Gasteiger partial charge on any atom is -0.492 e. The first-order chi connectivity index (χ1) is 13.2. The van der Waals surface area contributed by atoms with Crippen molar-refractivity contribution in [3.63, 3.8) is 0 Å². The summed E-state index contributed by atoms with van der Waals surface area (Å²) in [6.07, 6.45) is 1.59. The van der Waals surface area contributed by atoms with E-state index in [1.165, 1.54) is 13.2 Å². The molecule has 27 heavy (non-hydrogen) atoms. The molecule has 3 aromatic rings. The largest absolute Gasteiger partial charge is 0.492 e. The molecular weight excluding hydrogens is 348 g/mol. The Morgan fingerprint density at radius 2 is 1.93 bits per heavy atom. The van der Waals surface area contributed by atoms with E-state index in [2.05, 4.69) is 6.58 Å². The average molecular weight is 368 g/mol. The normalized spacial score (nSPS) is 10.6. The van der Waals surface area contributed by atoms with E-state index in [0.29, 0.717) is 17.1 Å². The molecule has 0 radical (unpaired) electrons. The molecule has 6 nitrogen and oxygen atoms in total. The van der Waals surface area contributed by atoms with E-state index in [0.717, 1.165) is 5.56 Å². The molecular formula is C21H20O6. The first-order valence-corrected chi connectivity index (χ1v) is 8.41. The van der Waals surface area contributed by atoms with Crippen LogP contribution < -0.4 is 19.6 Å². The number of aliphatic hydroxyl groups excluding tert-OH is 1. The van der Waals surface area contributed by atoms with Crippen LogP contribution in [0.5, 0.6) is 17.2 Å². The maximum atomic E-state index is 12.8. The molecule has 0 spiro atoms. The minimum atomic E-state index is -0.268. The first kappa shape index (κ1) is 18.5. The molecule has 0 aliphatic carbocycles. The molecule has 1 N–H and O–H groups in total. The third-order valence-corrected chi connectivity index (χ3v) is 3.85. The average Bonchev–Trinajstić information content (AvgIpc) is 2.70. The summed E-state index contributed by atoms with van der Waals surface area (Å²) in [6.45, 7) is 3.70. The molecule has 0 unspecified atom stereocenters. The van der Waals surface area contributed by atoms with E-state index >= 15 is 0 Å². The van der Waals surface area contributed by atoms with Crippen molar-refractivity contribution in [2.75, 3.05) is 26.9 Å². The second-order valence-electron chi connectivity index (χ2n) is 5.62. The van der Waals surface area contributed by atoms with Gasteiger partial charge >= 0.3 is 0 Å². The number of hydrogen-bond donors (Lipinski definition) is 1. The molecule has 3 rings (SSSR count). The van der Waals surface area contributed by atoms with Crippen LogP contribution >= 0.6 is 0 Å². The van der Waals surface area contributed by atoms with Crippen LogP contribution in [0.25, 0.3) is 22.3 Å². The van der Waals surface area contributed by atoms with Crippen molar-refractivity contribution >= 4 is 11.0 Å². The molecule has 0 saturated heterocycles. The van der Waals surface area contributed by atoms with E-state index in [1.54, 1.807) is 12.1 Å². The Labute approximate surface area is 156 Å². The Hall–Kier alpha value is -3.25. The Morgan fingerprint density at radius 3 is 2.59 bits per heavy atom. The van der Waals surface area contributed by atoms with Crippen LogP contribution in [0.3, 0.4) is 0 Å². The van der Waals surface area contributed by atoms with Gasteiger partial charge in [-0.1, -0.05) is 43.0 Å². The fraction of sp³-hybridized carbons (Fsp3) is 0.190. The monoisotopic (exact) mass is 368 g/mol. The Morgan fingerprint density at radius 1 is 1.15 bits per heavy atom. The van der Waals surface area contributed by atoms with Crippen LogP contribution in [-0.2, 0) is 0 Å². The second kappa shape index (κ2) is 8.42. The van der Waals surface area contributed by atoms with Gasteiger partial charge in [0.15, 0.2) is 16.9 Å². The fourth-order valence-corrected chi connectivity index (χ4v) is 2.73. The number of fused-ring (bicyclic) bond motifs is 1. The highest BCUT2D eigenvalue weighted by Gasteiger charge is 2.21. The fourth-order valence-electron chi connectivity index (χ4n) is 2.73. The van der Waals surface area contributed by atoms with Gasteiger partial charge < -0.3 is 23.7 Å².